The highest BCUT2D eigenvalue weighted by molar-refractivity contribution is 4.80. The Hall–Kier alpha value is -0.120. The highest BCUT2D eigenvalue weighted by Crippen LogP contribution is 2.29. The average molecular weight is 239 g/mol. The zero-order valence-electron chi connectivity index (χ0n) is 11.5. The van der Waals surface area contributed by atoms with Crippen LogP contribution in [0.3, 0.4) is 0 Å². The van der Waals surface area contributed by atoms with Gasteiger partial charge in [0, 0.05) is 45.8 Å². The van der Waals surface area contributed by atoms with Gasteiger partial charge < -0.3 is 10.2 Å². The number of piperazine rings is 1. The van der Waals surface area contributed by atoms with Crippen molar-refractivity contribution < 1.29 is 0 Å². The third-order valence-electron chi connectivity index (χ3n) is 3.99. The summed E-state index contributed by atoms with van der Waals surface area (Å²) in [6.07, 6.45) is 5.59. The van der Waals surface area contributed by atoms with Gasteiger partial charge >= 0.3 is 0 Å². The van der Waals surface area contributed by atoms with Gasteiger partial charge in [0.05, 0.1) is 0 Å². The van der Waals surface area contributed by atoms with Gasteiger partial charge in [-0.3, -0.25) is 4.90 Å². The molecule has 0 radical (unpaired) electrons. The summed E-state index contributed by atoms with van der Waals surface area (Å²) in [4.78, 5) is 5.28. The zero-order chi connectivity index (χ0) is 11.9. The molecule has 0 aromatic rings. The van der Waals surface area contributed by atoms with Crippen LogP contribution in [-0.4, -0.2) is 62.2 Å². The van der Waals surface area contributed by atoms with Gasteiger partial charge in [0.25, 0.3) is 0 Å². The van der Waals surface area contributed by atoms with Crippen LogP contribution in [0.2, 0.25) is 0 Å². The van der Waals surface area contributed by atoms with E-state index in [0.29, 0.717) is 0 Å². The molecule has 1 saturated heterocycles. The van der Waals surface area contributed by atoms with Crippen molar-refractivity contribution in [3.63, 3.8) is 0 Å². The first-order chi connectivity index (χ1) is 8.38. The Morgan fingerprint density at radius 2 is 1.71 bits per heavy atom. The average Bonchev–Trinajstić information content (AvgIpc) is 3.15. The summed E-state index contributed by atoms with van der Waals surface area (Å²) in [7, 11) is 0. The molecule has 0 unspecified atom stereocenters. The first kappa shape index (κ1) is 13.3. The molecule has 0 bridgehead atoms. The van der Waals surface area contributed by atoms with Crippen LogP contribution in [0.15, 0.2) is 0 Å². The summed E-state index contributed by atoms with van der Waals surface area (Å²) >= 11 is 0. The topological polar surface area (TPSA) is 18.5 Å². The van der Waals surface area contributed by atoms with Gasteiger partial charge in [-0.25, -0.2) is 0 Å². The number of nitrogens with zero attached hydrogens (tertiary/aromatic N) is 2. The molecule has 0 atom stereocenters. The fraction of sp³-hybridized carbons (Fsp3) is 1.00. The minimum atomic E-state index is 1.05. The lowest BCUT2D eigenvalue weighted by atomic mass is 10.3. The fourth-order valence-corrected chi connectivity index (χ4v) is 2.52. The minimum Gasteiger partial charge on any atom is -0.315 e. The second-order valence-corrected chi connectivity index (χ2v) is 5.69. The lowest BCUT2D eigenvalue weighted by molar-refractivity contribution is 0.129. The van der Waals surface area contributed by atoms with E-state index in [2.05, 4.69) is 22.0 Å². The number of nitrogens with one attached hydrogen (secondary N) is 1. The largest absolute Gasteiger partial charge is 0.315 e. The maximum atomic E-state index is 3.53. The van der Waals surface area contributed by atoms with Crippen LogP contribution in [0, 0.1) is 5.92 Å². The van der Waals surface area contributed by atoms with Gasteiger partial charge in [0.1, 0.15) is 0 Å². The lowest BCUT2D eigenvalue weighted by Gasteiger charge is -2.34. The van der Waals surface area contributed by atoms with Crippen LogP contribution in [0.1, 0.15) is 32.6 Å². The van der Waals surface area contributed by atoms with Crippen molar-refractivity contribution in [2.24, 2.45) is 5.92 Å². The van der Waals surface area contributed by atoms with E-state index in [9.17, 15) is 0 Å². The molecular formula is C14H29N3. The van der Waals surface area contributed by atoms with Crippen LogP contribution in [0.4, 0.5) is 0 Å². The van der Waals surface area contributed by atoms with Crippen LogP contribution < -0.4 is 5.32 Å². The normalized spacial score (nSPS) is 23.1. The molecule has 0 spiro atoms. The van der Waals surface area contributed by atoms with Gasteiger partial charge in [0.15, 0.2) is 0 Å². The van der Waals surface area contributed by atoms with Crippen molar-refractivity contribution in [2.45, 2.75) is 32.6 Å². The third kappa shape index (κ3) is 5.36. The number of hydrogen-bond donors (Lipinski definition) is 1. The zero-order valence-corrected chi connectivity index (χ0v) is 11.5. The van der Waals surface area contributed by atoms with Crippen LogP contribution in [0.5, 0.6) is 0 Å². The van der Waals surface area contributed by atoms with Crippen LogP contribution in [-0.2, 0) is 0 Å². The molecule has 1 aliphatic heterocycles. The number of rotatable bonds is 8. The molecule has 2 rings (SSSR count). The Morgan fingerprint density at radius 1 is 1.00 bits per heavy atom. The molecule has 3 nitrogen and oxygen atoms in total. The smallest absolute Gasteiger partial charge is 0.0110 e. The molecule has 17 heavy (non-hydrogen) atoms. The predicted molar refractivity (Wildman–Crippen MR) is 73.4 cm³/mol. The summed E-state index contributed by atoms with van der Waals surface area (Å²) in [6, 6.07) is 0. The Balaban J connectivity index is 1.46. The van der Waals surface area contributed by atoms with E-state index in [1.165, 1.54) is 78.0 Å². The van der Waals surface area contributed by atoms with E-state index in [0.717, 1.165) is 5.92 Å². The highest BCUT2D eigenvalue weighted by Gasteiger charge is 2.26. The van der Waals surface area contributed by atoms with Crippen molar-refractivity contribution in [3.05, 3.63) is 0 Å². The summed E-state index contributed by atoms with van der Waals surface area (Å²) in [6.45, 7) is 12.4. The molecule has 0 amide bonds. The summed E-state index contributed by atoms with van der Waals surface area (Å²) in [5.41, 5.74) is 0. The van der Waals surface area contributed by atoms with Crippen LogP contribution in [0.25, 0.3) is 0 Å². The Morgan fingerprint density at radius 3 is 2.35 bits per heavy atom. The molecule has 2 fully saturated rings. The lowest BCUT2D eigenvalue weighted by Crippen LogP contribution is -2.48. The van der Waals surface area contributed by atoms with Gasteiger partial charge in [0.2, 0.25) is 0 Å². The second kappa shape index (κ2) is 7.34. The van der Waals surface area contributed by atoms with Crippen molar-refractivity contribution in [1.29, 1.82) is 0 Å². The summed E-state index contributed by atoms with van der Waals surface area (Å²) < 4.78 is 0. The molecular weight excluding hydrogens is 210 g/mol. The molecule has 1 heterocycles. The fourth-order valence-electron chi connectivity index (χ4n) is 2.52. The predicted octanol–water partition coefficient (Wildman–Crippen LogP) is 1.40. The highest BCUT2D eigenvalue weighted by atomic mass is 15.3. The number of hydrogen-bond acceptors (Lipinski definition) is 3. The maximum absolute atomic E-state index is 3.53. The van der Waals surface area contributed by atoms with Gasteiger partial charge in [-0.15, -0.1) is 0 Å². The molecule has 1 N–H and O–H groups in total. The van der Waals surface area contributed by atoms with Gasteiger partial charge in [-0.1, -0.05) is 13.3 Å². The van der Waals surface area contributed by atoms with E-state index in [1.807, 2.05) is 0 Å². The summed E-state index contributed by atoms with van der Waals surface area (Å²) in [5, 5.41) is 3.53. The van der Waals surface area contributed by atoms with Crippen LogP contribution >= 0.6 is 0 Å². The molecule has 0 aromatic carbocycles. The first-order valence-corrected chi connectivity index (χ1v) is 7.54. The van der Waals surface area contributed by atoms with Crippen molar-refractivity contribution >= 4 is 0 Å². The molecule has 2 aliphatic rings. The Bertz CT molecular complexity index is 196. The molecule has 3 heteroatoms. The van der Waals surface area contributed by atoms with Crippen molar-refractivity contribution in [1.82, 2.24) is 15.1 Å². The number of unbranched alkanes of at least 4 members (excludes halogenated alkanes) is 1. The maximum Gasteiger partial charge on any atom is 0.0110 e. The SMILES string of the molecule is CCCCNCCN1CCN(CC2CC2)CC1. The standard InChI is InChI=1S/C14H29N3/c1-2-3-6-15-7-8-16-9-11-17(12-10-16)13-14-4-5-14/h14-15H,2-13H2,1H3. The van der Waals surface area contributed by atoms with Gasteiger partial charge in [-0.2, -0.15) is 0 Å². The quantitative estimate of drug-likeness (QED) is 0.646. The molecule has 1 aliphatic carbocycles. The Labute approximate surface area is 107 Å². The third-order valence-corrected chi connectivity index (χ3v) is 3.99. The molecule has 1 saturated carbocycles. The summed E-state index contributed by atoms with van der Waals surface area (Å²) in [5.74, 6) is 1.05. The second-order valence-electron chi connectivity index (χ2n) is 5.69. The monoisotopic (exact) mass is 239 g/mol. The minimum absolute atomic E-state index is 1.05. The molecule has 0 aromatic heterocycles. The van der Waals surface area contributed by atoms with E-state index >= 15 is 0 Å². The van der Waals surface area contributed by atoms with E-state index < -0.39 is 0 Å². The first-order valence-electron chi connectivity index (χ1n) is 7.54. The van der Waals surface area contributed by atoms with Gasteiger partial charge in [-0.05, 0) is 31.7 Å². The van der Waals surface area contributed by atoms with Crippen molar-refractivity contribution in [2.75, 3.05) is 52.4 Å². The van der Waals surface area contributed by atoms with E-state index in [1.54, 1.807) is 0 Å². The van der Waals surface area contributed by atoms with Crippen molar-refractivity contribution in [3.8, 4) is 0 Å². The van der Waals surface area contributed by atoms with E-state index in [-0.39, 0.29) is 0 Å². The molecule has 100 valence electrons. The Kier molecular flexibility index (Phi) is 5.75. The van der Waals surface area contributed by atoms with E-state index in [4.69, 9.17) is 0 Å².